The average Bonchev–Trinajstić information content (AvgIpc) is 3.23. The summed E-state index contributed by atoms with van der Waals surface area (Å²) in [6.07, 6.45) is 0.927. The summed E-state index contributed by atoms with van der Waals surface area (Å²) < 4.78 is 6.98. The number of anilines is 1. The summed E-state index contributed by atoms with van der Waals surface area (Å²) in [6.45, 7) is 0.121. The number of nitrogens with one attached hydrogen (secondary N) is 2. The lowest BCUT2D eigenvalue weighted by atomic mass is 10.1. The predicted molar refractivity (Wildman–Crippen MR) is 126 cm³/mol. The lowest BCUT2D eigenvalue weighted by molar-refractivity contribution is -0.137. The molecule has 0 spiro atoms. The number of para-hydroxylation sites is 1. The quantitative estimate of drug-likeness (QED) is 0.310. The Balaban J connectivity index is 1.56. The minimum Gasteiger partial charge on any atom is -0.505 e. The number of aliphatic carboxylic acids is 1. The number of carboxylic acid groups (broad SMARTS) is 1. The molecule has 2 aromatic carbocycles. The lowest BCUT2D eigenvalue weighted by Crippen LogP contribution is -2.36. The summed E-state index contributed by atoms with van der Waals surface area (Å²) >= 11 is 6.17. The number of carbonyl (C=O) groups excluding carboxylic acids is 1. The van der Waals surface area contributed by atoms with Crippen LogP contribution in [0.4, 0.5) is 10.5 Å². The van der Waals surface area contributed by atoms with Gasteiger partial charge in [0.1, 0.15) is 17.1 Å². The van der Waals surface area contributed by atoms with Crippen LogP contribution in [0.1, 0.15) is 23.8 Å². The number of benzene rings is 2. The van der Waals surface area contributed by atoms with Crippen LogP contribution >= 0.6 is 11.6 Å². The summed E-state index contributed by atoms with van der Waals surface area (Å²) in [5, 5.41) is 25.5. The first-order valence-electron chi connectivity index (χ1n) is 10.3. The Morgan fingerprint density at radius 3 is 2.56 bits per heavy atom. The van der Waals surface area contributed by atoms with Gasteiger partial charge in [0.2, 0.25) is 0 Å². The standard InChI is InChI=1S/C24H20ClN3O6/c25-16-7-3-1-6-15(16)13-28-10-9-18(29)22(23(28)32)27-24(33)26-17(12-21(30)31)20-11-14-5-2-4-8-19(14)34-20/h1-11,17,29H,12-13H2,(H,30,31)(H2,26,27,33). The van der Waals surface area contributed by atoms with Crippen LogP contribution in [0.15, 0.2) is 76.1 Å². The number of hydrogen-bond donors (Lipinski definition) is 4. The zero-order valence-electron chi connectivity index (χ0n) is 17.7. The third-order valence-corrected chi connectivity index (χ3v) is 5.52. The van der Waals surface area contributed by atoms with Crippen LogP contribution in [-0.4, -0.2) is 26.8 Å². The molecule has 0 aliphatic carbocycles. The number of furan rings is 1. The van der Waals surface area contributed by atoms with Gasteiger partial charge in [-0.05, 0) is 29.8 Å². The number of aromatic hydroxyl groups is 1. The first kappa shape index (κ1) is 22.9. The van der Waals surface area contributed by atoms with Gasteiger partial charge < -0.3 is 29.8 Å². The molecule has 1 atom stereocenters. The Bertz CT molecular complexity index is 1390. The fraction of sp³-hybridized carbons (Fsp3) is 0.125. The second kappa shape index (κ2) is 9.72. The Morgan fingerprint density at radius 1 is 1.09 bits per heavy atom. The highest BCUT2D eigenvalue weighted by molar-refractivity contribution is 6.31. The number of nitrogens with zero attached hydrogens (tertiary/aromatic N) is 1. The van der Waals surface area contributed by atoms with E-state index in [0.29, 0.717) is 16.2 Å². The number of halogens is 1. The van der Waals surface area contributed by atoms with E-state index in [4.69, 9.17) is 16.0 Å². The first-order chi connectivity index (χ1) is 16.3. The third kappa shape index (κ3) is 5.05. The van der Waals surface area contributed by atoms with E-state index in [1.807, 2.05) is 0 Å². The molecule has 0 saturated carbocycles. The normalized spacial score (nSPS) is 11.8. The van der Waals surface area contributed by atoms with E-state index in [-0.39, 0.29) is 18.0 Å². The van der Waals surface area contributed by atoms with Gasteiger partial charge in [-0.15, -0.1) is 0 Å². The molecule has 0 radical (unpaired) electrons. The molecular weight excluding hydrogens is 462 g/mol. The van der Waals surface area contributed by atoms with Gasteiger partial charge in [0.25, 0.3) is 5.56 Å². The van der Waals surface area contributed by atoms with Crippen molar-refractivity contribution in [2.75, 3.05) is 5.32 Å². The van der Waals surface area contributed by atoms with Gasteiger partial charge in [0, 0.05) is 16.6 Å². The molecule has 9 nitrogen and oxygen atoms in total. The number of aromatic nitrogens is 1. The molecule has 4 N–H and O–H groups in total. The molecule has 2 amide bonds. The van der Waals surface area contributed by atoms with Crippen LogP contribution in [0.3, 0.4) is 0 Å². The van der Waals surface area contributed by atoms with Crippen LogP contribution in [0.25, 0.3) is 11.0 Å². The molecule has 4 aromatic rings. The van der Waals surface area contributed by atoms with Gasteiger partial charge in [-0.2, -0.15) is 0 Å². The zero-order valence-corrected chi connectivity index (χ0v) is 18.5. The van der Waals surface area contributed by atoms with Crippen molar-refractivity contribution in [2.45, 2.75) is 19.0 Å². The summed E-state index contributed by atoms with van der Waals surface area (Å²) in [4.78, 5) is 37.0. The maximum absolute atomic E-state index is 12.9. The molecule has 0 bridgehead atoms. The highest BCUT2D eigenvalue weighted by Crippen LogP contribution is 2.26. The molecule has 0 aliphatic heterocycles. The number of amides is 2. The number of urea groups is 1. The monoisotopic (exact) mass is 481 g/mol. The molecule has 174 valence electrons. The van der Waals surface area contributed by atoms with E-state index in [0.717, 1.165) is 5.39 Å². The molecule has 0 fully saturated rings. The summed E-state index contributed by atoms with van der Waals surface area (Å²) in [7, 11) is 0. The molecular formula is C24H20ClN3O6. The van der Waals surface area contributed by atoms with Crippen LogP contribution < -0.4 is 16.2 Å². The second-order valence-electron chi connectivity index (χ2n) is 7.54. The molecule has 10 heteroatoms. The summed E-state index contributed by atoms with van der Waals surface area (Å²) in [5.41, 5.74) is 0.205. The van der Waals surface area contributed by atoms with E-state index >= 15 is 0 Å². The molecule has 34 heavy (non-hydrogen) atoms. The number of pyridine rings is 1. The van der Waals surface area contributed by atoms with E-state index in [1.54, 1.807) is 54.6 Å². The van der Waals surface area contributed by atoms with Crippen LogP contribution in [-0.2, 0) is 11.3 Å². The number of fused-ring (bicyclic) bond motifs is 1. The summed E-state index contributed by atoms with van der Waals surface area (Å²) in [6, 6.07) is 15.1. The van der Waals surface area contributed by atoms with Gasteiger partial charge in [0.05, 0.1) is 19.0 Å². The van der Waals surface area contributed by atoms with Crippen molar-refractivity contribution in [1.29, 1.82) is 0 Å². The van der Waals surface area contributed by atoms with Crippen molar-refractivity contribution in [2.24, 2.45) is 0 Å². The van der Waals surface area contributed by atoms with Gasteiger partial charge in [-0.1, -0.05) is 48.0 Å². The van der Waals surface area contributed by atoms with Crippen LogP contribution in [0.2, 0.25) is 5.02 Å². The first-order valence-corrected chi connectivity index (χ1v) is 10.6. The maximum atomic E-state index is 12.9. The SMILES string of the molecule is O=C(O)CC(NC(=O)Nc1c(O)ccn(Cc2ccccc2Cl)c1=O)c1cc2ccccc2o1. The zero-order chi connectivity index (χ0) is 24.2. The minimum atomic E-state index is -1.16. The number of rotatable bonds is 7. The van der Waals surface area contributed by atoms with E-state index in [1.165, 1.54) is 16.8 Å². The number of carboxylic acids is 1. The maximum Gasteiger partial charge on any atom is 0.320 e. The molecule has 0 saturated heterocycles. The lowest BCUT2D eigenvalue weighted by Gasteiger charge is -2.16. The molecule has 2 aromatic heterocycles. The smallest absolute Gasteiger partial charge is 0.320 e. The van der Waals surface area contributed by atoms with Crippen molar-refractivity contribution in [3.8, 4) is 5.75 Å². The van der Waals surface area contributed by atoms with E-state index in [9.17, 15) is 24.6 Å². The predicted octanol–water partition coefficient (Wildman–Crippen LogP) is 4.34. The van der Waals surface area contributed by atoms with Gasteiger partial charge in [-0.25, -0.2) is 4.79 Å². The van der Waals surface area contributed by atoms with Crippen molar-refractivity contribution < 1.29 is 24.2 Å². The summed E-state index contributed by atoms with van der Waals surface area (Å²) in [5.74, 6) is -1.35. The fourth-order valence-corrected chi connectivity index (χ4v) is 3.69. The largest absolute Gasteiger partial charge is 0.505 e. The minimum absolute atomic E-state index is 0.121. The topological polar surface area (TPSA) is 134 Å². The van der Waals surface area contributed by atoms with Crippen molar-refractivity contribution >= 4 is 40.3 Å². The number of carbonyl (C=O) groups is 2. The third-order valence-electron chi connectivity index (χ3n) is 5.15. The van der Waals surface area contributed by atoms with E-state index in [2.05, 4.69) is 10.6 Å². The van der Waals surface area contributed by atoms with Crippen molar-refractivity contribution in [3.05, 3.63) is 93.6 Å². The van der Waals surface area contributed by atoms with Gasteiger partial charge >= 0.3 is 12.0 Å². The molecule has 4 rings (SSSR count). The van der Waals surface area contributed by atoms with Gasteiger partial charge in [-0.3, -0.25) is 9.59 Å². The Kier molecular flexibility index (Phi) is 6.55. The van der Waals surface area contributed by atoms with Crippen molar-refractivity contribution in [1.82, 2.24) is 9.88 Å². The van der Waals surface area contributed by atoms with Crippen LogP contribution in [0.5, 0.6) is 5.75 Å². The van der Waals surface area contributed by atoms with Crippen LogP contribution in [0, 0.1) is 0 Å². The second-order valence-corrected chi connectivity index (χ2v) is 7.94. The Labute approximate surface area is 198 Å². The molecule has 2 heterocycles. The van der Waals surface area contributed by atoms with Gasteiger partial charge in [0.15, 0.2) is 5.69 Å². The molecule has 1 unspecified atom stereocenters. The van der Waals surface area contributed by atoms with E-state index < -0.39 is 35.8 Å². The van der Waals surface area contributed by atoms with Crippen molar-refractivity contribution in [3.63, 3.8) is 0 Å². The average molecular weight is 482 g/mol. The molecule has 0 aliphatic rings. The highest BCUT2D eigenvalue weighted by atomic mass is 35.5. The fourth-order valence-electron chi connectivity index (χ4n) is 3.50. The Hall–Kier alpha value is -4.24. The highest BCUT2D eigenvalue weighted by Gasteiger charge is 2.23. The number of hydrogen-bond acceptors (Lipinski definition) is 5. The Morgan fingerprint density at radius 2 is 1.82 bits per heavy atom.